The van der Waals surface area contributed by atoms with Crippen molar-refractivity contribution in [3.8, 4) is 11.5 Å². The molecule has 1 fully saturated rings. The van der Waals surface area contributed by atoms with Gasteiger partial charge in [-0.1, -0.05) is 72.8 Å². The van der Waals surface area contributed by atoms with Crippen molar-refractivity contribution >= 4 is 34.3 Å². The van der Waals surface area contributed by atoms with E-state index in [0.717, 1.165) is 15.7 Å². The highest BCUT2D eigenvalue weighted by molar-refractivity contribution is 6.11. The number of hydrogen-bond donors (Lipinski definition) is 2. The average molecular weight is 466 g/mol. The summed E-state index contributed by atoms with van der Waals surface area (Å²) in [6.45, 7) is 1.24. The average Bonchev–Trinajstić information content (AvgIpc) is 3.09. The highest BCUT2D eigenvalue weighted by Gasteiger charge is 2.50. The van der Waals surface area contributed by atoms with Gasteiger partial charge in [-0.25, -0.2) is 4.79 Å². The van der Waals surface area contributed by atoms with E-state index >= 15 is 0 Å². The molecule has 0 saturated carbocycles. The zero-order valence-corrected chi connectivity index (χ0v) is 19.0. The van der Waals surface area contributed by atoms with Crippen molar-refractivity contribution in [3.63, 3.8) is 0 Å². The highest BCUT2D eigenvalue weighted by atomic mass is 16.5. The van der Waals surface area contributed by atoms with Crippen LogP contribution in [0.1, 0.15) is 12.5 Å². The number of benzene rings is 4. The third-order valence-corrected chi connectivity index (χ3v) is 6.04. The number of anilines is 1. The number of urea groups is 1. The summed E-state index contributed by atoms with van der Waals surface area (Å²) in [6, 6.07) is 28.8. The van der Waals surface area contributed by atoms with Crippen LogP contribution in [0, 0.1) is 0 Å². The van der Waals surface area contributed by atoms with Crippen LogP contribution in [0.2, 0.25) is 0 Å². The molecule has 0 spiro atoms. The maximum atomic E-state index is 13.4. The minimum absolute atomic E-state index is 0.426. The molecule has 4 amide bonds. The molecule has 0 bridgehead atoms. The Morgan fingerprint density at radius 1 is 0.886 bits per heavy atom. The van der Waals surface area contributed by atoms with Crippen molar-refractivity contribution in [2.24, 2.45) is 0 Å². The van der Waals surface area contributed by atoms with Gasteiger partial charge in [0.05, 0.1) is 5.69 Å². The molecule has 1 heterocycles. The number of para-hydroxylation sites is 3. The van der Waals surface area contributed by atoms with Crippen molar-refractivity contribution in [3.05, 3.63) is 103 Å². The molecule has 1 aliphatic rings. The molecule has 4 aromatic rings. The summed E-state index contributed by atoms with van der Waals surface area (Å²) in [5.74, 6) is 0.0709. The fourth-order valence-corrected chi connectivity index (χ4v) is 4.29. The molecule has 1 atom stereocenters. The topological polar surface area (TPSA) is 87.7 Å². The molecule has 174 valence electrons. The van der Waals surface area contributed by atoms with Crippen LogP contribution in [0.3, 0.4) is 0 Å². The van der Waals surface area contributed by atoms with E-state index in [9.17, 15) is 14.4 Å². The number of carbonyl (C=O) groups excluding carboxylic acids is 3. The van der Waals surface area contributed by atoms with Crippen LogP contribution in [0.4, 0.5) is 10.5 Å². The number of fused-ring (bicyclic) bond motifs is 1. The summed E-state index contributed by atoms with van der Waals surface area (Å²) in [4.78, 5) is 40.0. The molecule has 1 aliphatic heterocycles. The number of nitrogens with zero attached hydrogens (tertiary/aromatic N) is 1. The predicted octanol–water partition coefficient (Wildman–Crippen LogP) is 5.04. The second kappa shape index (κ2) is 8.95. The van der Waals surface area contributed by atoms with Gasteiger partial charge in [0.25, 0.3) is 5.91 Å². The second-order valence-electron chi connectivity index (χ2n) is 8.43. The van der Waals surface area contributed by atoms with Crippen LogP contribution >= 0.6 is 0 Å². The molecule has 0 aromatic heterocycles. The van der Waals surface area contributed by atoms with Gasteiger partial charge in [0.1, 0.15) is 17.8 Å². The molecule has 4 aromatic carbocycles. The molecule has 35 heavy (non-hydrogen) atoms. The summed E-state index contributed by atoms with van der Waals surface area (Å²) < 4.78 is 5.88. The smallest absolute Gasteiger partial charge is 0.325 e. The molecule has 1 saturated heterocycles. The van der Waals surface area contributed by atoms with E-state index < -0.39 is 29.9 Å². The van der Waals surface area contributed by atoms with E-state index in [2.05, 4.69) is 10.6 Å². The van der Waals surface area contributed by atoms with Gasteiger partial charge in [-0.2, -0.15) is 0 Å². The van der Waals surface area contributed by atoms with Crippen molar-refractivity contribution < 1.29 is 19.1 Å². The fraction of sp³-hybridized carbons (Fsp3) is 0.107. The first-order chi connectivity index (χ1) is 17.0. The lowest BCUT2D eigenvalue weighted by atomic mass is 9.88. The van der Waals surface area contributed by atoms with Gasteiger partial charge in [-0.3, -0.25) is 14.5 Å². The Morgan fingerprint density at radius 3 is 2.40 bits per heavy atom. The van der Waals surface area contributed by atoms with E-state index in [0.29, 0.717) is 22.7 Å². The Labute approximate surface area is 202 Å². The monoisotopic (exact) mass is 465 g/mol. The van der Waals surface area contributed by atoms with Gasteiger partial charge < -0.3 is 15.4 Å². The highest BCUT2D eigenvalue weighted by Crippen LogP contribution is 2.34. The number of nitrogens with one attached hydrogen (secondary N) is 2. The van der Waals surface area contributed by atoms with Crippen molar-refractivity contribution in [2.45, 2.75) is 12.5 Å². The zero-order chi connectivity index (χ0) is 24.4. The molecule has 0 radical (unpaired) electrons. The van der Waals surface area contributed by atoms with Crippen LogP contribution < -0.4 is 15.4 Å². The zero-order valence-electron chi connectivity index (χ0n) is 19.0. The summed E-state index contributed by atoms with van der Waals surface area (Å²) >= 11 is 0. The van der Waals surface area contributed by atoms with E-state index in [1.54, 1.807) is 43.3 Å². The van der Waals surface area contributed by atoms with Crippen molar-refractivity contribution in [1.29, 1.82) is 0 Å². The lowest BCUT2D eigenvalue weighted by molar-refractivity contribution is -0.133. The minimum Gasteiger partial charge on any atom is -0.455 e. The van der Waals surface area contributed by atoms with E-state index in [4.69, 9.17) is 4.74 Å². The minimum atomic E-state index is -1.29. The van der Waals surface area contributed by atoms with Gasteiger partial charge in [0.2, 0.25) is 5.91 Å². The van der Waals surface area contributed by atoms with E-state index in [1.165, 1.54) is 0 Å². The van der Waals surface area contributed by atoms with Crippen LogP contribution in [0.15, 0.2) is 97.1 Å². The molecular formula is C28H23N3O4. The summed E-state index contributed by atoms with van der Waals surface area (Å²) in [5.41, 5.74) is -0.171. The van der Waals surface area contributed by atoms with Crippen LogP contribution in [0.25, 0.3) is 10.8 Å². The lowest BCUT2D eigenvalue weighted by Gasteiger charge is -2.24. The number of carbonyl (C=O) groups is 3. The molecule has 0 unspecified atom stereocenters. The van der Waals surface area contributed by atoms with Gasteiger partial charge >= 0.3 is 6.03 Å². The first-order valence-corrected chi connectivity index (χ1v) is 11.2. The van der Waals surface area contributed by atoms with Crippen molar-refractivity contribution in [1.82, 2.24) is 10.2 Å². The summed E-state index contributed by atoms with van der Waals surface area (Å²) in [7, 11) is 0. The Hall–Kier alpha value is -4.65. The van der Waals surface area contributed by atoms with Gasteiger partial charge in [0, 0.05) is 0 Å². The number of amides is 4. The number of imide groups is 1. The maximum absolute atomic E-state index is 13.4. The fourth-order valence-electron chi connectivity index (χ4n) is 4.29. The SMILES string of the molecule is C[C@@]1(c2cccc3ccccc23)NC(=O)N(CC(=O)Nc2ccccc2Oc2ccccc2)C1=O. The third-order valence-electron chi connectivity index (χ3n) is 6.04. The third kappa shape index (κ3) is 4.19. The molecular weight excluding hydrogens is 442 g/mol. The molecule has 5 rings (SSSR count). The molecule has 2 N–H and O–H groups in total. The number of rotatable bonds is 6. The van der Waals surface area contributed by atoms with Gasteiger partial charge in [-0.05, 0) is 47.5 Å². The Morgan fingerprint density at radius 2 is 1.57 bits per heavy atom. The maximum Gasteiger partial charge on any atom is 0.325 e. The number of ether oxygens (including phenoxy) is 1. The Balaban J connectivity index is 1.35. The largest absolute Gasteiger partial charge is 0.455 e. The van der Waals surface area contributed by atoms with Crippen LogP contribution in [-0.2, 0) is 15.1 Å². The predicted molar refractivity (Wildman–Crippen MR) is 133 cm³/mol. The quantitative estimate of drug-likeness (QED) is 0.391. The van der Waals surface area contributed by atoms with E-state index in [-0.39, 0.29) is 0 Å². The standard InChI is InChI=1S/C28H23N3O4/c1-28(22-15-9-11-19-10-5-6-14-21(19)22)26(33)31(27(34)30-28)18-25(32)29-23-16-7-8-17-24(23)35-20-12-3-2-4-13-20/h2-17H,18H2,1H3,(H,29,32)(H,30,34)/t28-/m0/s1. The molecule has 7 nitrogen and oxygen atoms in total. The second-order valence-corrected chi connectivity index (χ2v) is 8.43. The van der Waals surface area contributed by atoms with Crippen LogP contribution in [-0.4, -0.2) is 29.3 Å². The van der Waals surface area contributed by atoms with Gasteiger partial charge in [-0.15, -0.1) is 0 Å². The normalized spacial score (nSPS) is 17.3. The number of hydrogen-bond acceptors (Lipinski definition) is 4. The summed E-state index contributed by atoms with van der Waals surface area (Å²) in [6.07, 6.45) is 0. The Bertz CT molecular complexity index is 1430. The lowest BCUT2D eigenvalue weighted by Crippen LogP contribution is -2.42. The molecule has 0 aliphatic carbocycles. The summed E-state index contributed by atoms with van der Waals surface area (Å²) in [5, 5.41) is 7.37. The first-order valence-electron chi connectivity index (χ1n) is 11.2. The molecule has 7 heteroatoms. The van der Waals surface area contributed by atoms with E-state index in [1.807, 2.05) is 60.7 Å². The van der Waals surface area contributed by atoms with Crippen LogP contribution in [0.5, 0.6) is 11.5 Å². The first kappa shape index (κ1) is 22.2. The Kier molecular flexibility index (Phi) is 5.66. The van der Waals surface area contributed by atoms with Crippen molar-refractivity contribution in [2.75, 3.05) is 11.9 Å². The van der Waals surface area contributed by atoms with Gasteiger partial charge in [0.15, 0.2) is 5.75 Å².